The number of ether oxygens (including phenoxy) is 1. The van der Waals surface area contributed by atoms with Crippen LogP contribution < -0.4 is 21.1 Å². The summed E-state index contributed by atoms with van der Waals surface area (Å²) in [4.78, 5) is 23.9. The molecule has 0 unspecified atom stereocenters. The minimum absolute atomic E-state index is 0. The topological polar surface area (TPSA) is 164 Å². The average molecular weight is 486 g/mol. The van der Waals surface area contributed by atoms with E-state index >= 15 is 0 Å². The van der Waals surface area contributed by atoms with Crippen molar-refractivity contribution in [2.24, 2.45) is 5.73 Å². The number of nitrogens with one attached hydrogen (secondary N) is 3. The minimum Gasteiger partial charge on any atom is -0.500 e. The summed E-state index contributed by atoms with van der Waals surface area (Å²) in [5.74, 6) is -1.30. The van der Waals surface area contributed by atoms with Crippen LogP contribution in [0.1, 0.15) is 22.7 Å². The van der Waals surface area contributed by atoms with Crippen molar-refractivity contribution in [1.82, 2.24) is 5.32 Å². The van der Waals surface area contributed by atoms with Crippen molar-refractivity contribution >= 4 is 35.5 Å². The second kappa shape index (κ2) is 11.5. The predicted octanol–water partition coefficient (Wildman–Crippen LogP) is 3.48. The van der Waals surface area contributed by atoms with E-state index in [4.69, 9.17) is 15.9 Å². The Bertz CT molecular complexity index is 1170. The third-order valence-electron chi connectivity index (χ3n) is 4.91. The van der Waals surface area contributed by atoms with Gasteiger partial charge in [0, 0.05) is 23.9 Å². The first kappa shape index (κ1) is 25.9. The number of methoxy groups -OCH3 is 1. The first-order valence-electron chi connectivity index (χ1n) is 9.88. The Kier molecular flexibility index (Phi) is 8.79. The zero-order valence-electron chi connectivity index (χ0n) is 18.1. The third kappa shape index (κ3) is 6.14. The van der Waals surface area contributed by atoms with Crippen molar-refractivity contribution < 1.29 is 19.6 Å². The van der Waals surface area contributed by atoms with Gasteiger partial charge in [0.1, 0.15) is 11.9 Å². The number of carbonyl (C=O) groups excluding carboxylic acids is 1. The number of carbonyl (C=O) groups is 1. The number of halogens is 1. The number of nitro benzene ring substituents is 1. The molecule has 0 saturated carbocycles. The number of nitrogens with two attached hydrogens (primary N) is 1. The molecule has 0 fully saturated rings. The molecule has 0 heterocycles. The molecule has 0 aliphatic carbocycles. The predicted molar refractivity (Wildman–Crippen MR) is 131 cm³/mol. The van der Waals surface area contributed by atoms with E-state index in [2.05, 4.69) is 10.6 Å². The number of aromatic hydroxyl groups is 1. The average Bonchev–Trinajstić information content (AvgIpc) is 2.82. The molecule has 6 N–H and O–H groups in total. The summed E-state index contributed by atoms with van der Waals surface area (Å²) < 4.78 is 5.08. The van der Waals surface area contributed by atoms with Crippen molar-refractivity contribution in [2.75, 3.05) is 12.4 Å². The molecule has 10 nitrogen and oxygen atoms in total. The number of amidine groups is 1. The number of anilines is 1. The number of hydrogen-bond acceptors (Lipinski definition) is 7. The number of phenols is 1. The smallest absolute Gasteiger partial charge is 0.315 e. The molecule has 1 amide bonds. The Morgan fingerprint density at radius 2 is 1.82 bits per heavy atom. The van der Waals surface area contributed by atoms with E-state index in [0.717, 1.165) is 11.6 Å². The van der Waals surface area contributed by atoms with E-state index < -0.39 is 28.3 Å². The Morgan fingerprint density at radius 1 is 1.18 bits per heavy atom. The standard InChI is InChI=1S/C23H23N5O5.ClH/c1-33-19-12-16(11-18(21(19)29)28(31)32)20(23(30)26-13-14-5-3-2-4-6-14)27-17-9-7-15(8-10-17)22(24)25;/h2-12,20,27,29H,13H2,1H3,(H3,24,25)(H,26,30);1H/t20-;/m0./s1. The van der Waals surface area contributed by atoms with Crippen LogP contribution in [0.15, 0.2) is 66.7 Å². The zero-order chi connectivity index (χ0) is 24.0. The van der Waals surface area contributed by atoms with E-state index in [1.807, 2.05) is 30.3 Å². The number of nitro groups is 1. The number of benzene rings is 3. The maximum Gasteiger partial charge on any atom is 0.315 e. The van der Waals surface area contributed by atoms with Gasteiger partial charge in [-0.3, -0.25) is 20.3 Å². The van der Waals surface area contributed by atoms with E-state index in [9.17, 15) is 20.0 Å². The van der Waals surface area contributed by atoms with Crippen LogP contribution in [0.25, 0.3) is 0 Å². The lowest BCUT2D eigenvalue weighted by Crippen LogP contribution is -2.33. The highest BCUT2D eigenvalue weighted by atomic mass is 35.5. The highest BCUT2D eigenvalue weighted by molar-refractivity contribution is 5.95. The maximum absolute atomic E-state index is 13.2. The third-order valence-corrected chi connectivity index (χ3v) is 4.91. The van der Waals surface area contributed by atoms with Gasteiger partial charge in [-0.1, -0.05) is 30.3 Å². The molecule has 11 heteroatoms. The highest BCUT2D eigenvalue weighted by Gasteiger charge is 2.27. The lowest BCUT2D eigenvalue weighted by atomic mass is 10.0. The lowest BCUT2D eigenvalue weighted by Gasteiger charge is -2.21. The van der Waals surface area contributed by atoms with Gasteiger partial charge in [0.15, 0.2) is 5.75 Å². The fourth-order valence-corrected chi connectivity index (χ4v) is 3.18. The first-order valence-corrected chi connectivity index (χ1v) is 9.88. The van der Waals surface area contributed by atoms with Crippen LogP contribution >= 0.6 is 12.4 Å². The Hall–Kier alpha value is -4.31. The van der Waals surface area contributed by atoms with Gasteiger partial charge in [-0.15, -0.1) is 12.4 Å². The fraction of sp³-hybridized carbons (Fsp3) is 0.130. The highest BCUT2D eigenvalue weighted by Crippen LogP contribution is 2.39. The van der Waals surface area contributed by atoms with E-state index in [1.54, 1.807) is 24.3 Å². The van der Waals surface area contributed by atoms with Crippen LogP contribution in [0.5, 0.6) is 11.5 Å². The van der Waals surface area contributed by atoms with Crippen molar-refractivity contribution in [3.63, 3.8) is 0 Å². The monoisotopic (exact) mass is 485 g/mol. The summed E-state index contributed by atoms with van der Waals surface area (Å²) in [6, 6.07) is 17.2. The number of phenolic OH excluding ortho intramolecular Hbond substituents is 1. The molecule has 0 radical (unpaired) electrons. The SMILES string of the molecule is COc1cc([C@H](Nc2ccc(C(=N)N)cc2)C(=O)NCc2ccccc2)cc([N+](=O)[O-])c1O.Cl. The van der Waals surface area contributed by atoms with Crippen LogP contribution in [0.4, 0.5) is 11.4 Å². The van der Waals surface area contributed by atoms with E-state index in [-0.39, 0.29) is 36.1 Å². The first-order chi connectivity index (χ1) is 15.8. The lowest BCUT2D eigenvalue weighted by molar-refractivity contribution is -0.386. The molecule has 0 spiro atoms. The van der Waals surface area contributed by atoms with Gasteiger partial charge in [0.2, 0.25) is 11.7 Å². The van der Waals surface area contributed by atoms with Crippen molar-refractivity contribution in [2.45, 2.75) is 12.6 Å². The molecule has 3 rings (SSSR count). The molecule has 3 aromatic carbocycles. The summed E-state index contributed by atoms with van der Waals surface area (Å²) in [5.41, 5.74) is 7.03. The molecule has 0 aliphatic heterocycles. The van der Waals surface area contributed by atoms with Crippen molar-refractivity contribution in [1.29, 1.82) is 5.41 Å². The van der Waals surface area contributed by atoms with Crippen molar-refractivity contribution in [3.05, 3.63) is 93.5 Å². The largest absolute Gasteiger partial charge is 0.500 e. The van der Waals surface area contributed by atoms with Gasteiger partial charge in [0.25, 0.3) is 0 Å². The number of amides is 1. The molecule has 178 valence electrons. The maximum atomic E-state index is 13.2. The molecule has 0 saturated heterocycles. The van der Waals surface area contributed by atoms with Gasteiger partial charge >= 0.3 is 5.69 Å². The van der Waals surface area contributed by atoms with E-state index in [0.29, 0.717) is 11.3 Å². The normalized spacial score (nSPS) is 11.0. The second-order valence-corrected chi connectivity index (χ2v) is 7.12. The summed E-state index contributed by atoms with van der Waals surface area (Å²) in [6.45, 7) is 0.248. The second-order valence-electron chi connectivity index (χ2n) is 7.12. The van der Waals surface area contributed by atoms with Gasteiger partial charge in [-0.25, -0.2) is 0 Å². The molecule has 0 aliphatic rings. The number of hydrogen-bond donors (Lipinski definition) is 5. The summed E-state index contributed by atoms with van der Waals surface area (Å²) >= 11 is 0. The minimum atomic E-state index is -1.05. The van der Waals surface area contributed by atoms with Crippen LogP contribution in [-0.4, -0.2) is 28.9 Å². The number of rotatable bonds is 9. The molecule has 0 bridgehead atoms. The van der Waals surface area contributed by atoms with Gasteiger partial charge in [0.05, 0.1) is 12.0 Å². The van der Waals surface area contributed by atoms with Crippen LogP contribution in [0.2, 0.25) is 0 Å². The number of nitrogen functional groups attached to an aromatic ring is 1. The van der Waals surface area contributed by atoms with Crippen molar-refractivity contribution in [3.8, 4) is 11.5 Å². The molecule has 0 aromatic heterocycles. The zero-order valence-corrected chi connectivity index (χ0v) is 19.0. The Labute approximate surface area is 201 Å². The number of nitrogens with zero attached hydrogens (tertiary/aromatic N) is 1. The van der Waals surface area contributed by atoms with Gasteiger partial charge in [-0.2, -0.15) is 0 Å². The molecular formula is C23H24ClN5O5. The van der Waals surface area contributed by atoms with Crippen LogP contribution in [0.3, 0.4) is 0 Å². The quantitative estimate of drug-likeness (QED) is 0.134. The Balaban J connectivity index is 0.00000408. The van der Waals surface area contributed by atoms with Gasteiger partial charge < -0.3 is 26.2 Å². The van der Waals surface area contributed by atoms with Crippen LogP contribution in [-0.2, 0) is 11.3 Å². The molecule has 34 heavy (non-hydrogen) atoms. The molecule has 1 atom stereocenters. The summed E-state index contributed by atoms with van der Waals surface area (Å²) in [5, 5.41) is 34.9. The Morgan fingerprint density at radius 3 is 2.38 bits per heavy atom. The fourth-order valence-electron chi connectivity index (χ4n) is 3.18. The van der Waals surface area contributed by atoms with E-state index in [1.165, 1.54) is 13.2 Å². The van der Waals surface area contributed by atoms with Gasteiger partial charge in [-0.05, 0) is 41.5 Å². The molecule has 3 aromatic rings. The van der Waals surface area contributed by atoms with Crippen LogP contribution in [0, 0.1) is 15.5 Å². The summed E-state index contributed by atoms with van der Waals surface area (Å²) in [6.07, 6.45) is 0. The molecular weight excluding hydrogens is 462 g/mol. The summed E-state index contributed by atoms with van der Waals surface area (Å²) in [7, 11) is 1.26.